The maximum absolute atomic E-state index is 12.4. The lowest BCUT2D eigenvalue weighted by Gasteiger charge is -2.36. The molecule has 3 rings (SSSR count). The van der Waals surface area contributed by atoms with Gasteiger partial charge in [0.15, 0.2) is 0 Å². The molecule has 136 valence electrons. The molecule has 2 aliphatic rings. The Morgan fingerprint density at radius 3 is 2.68 bits per heavy atom. The Balaban J connectivity index is 1.71. The number of hydrogen-bond acceptors (Lipinski definition) is 4. The quantitative estimate of drug-likeness (QED) is 0.887. The number of ether oxygens (including phenoxy) is 1. The van der Waals surface area contributed by atoms with Crippen LogP contribution in [0.5, 0.6) is 5.75 Å². The highest BCUT2D eigenvalue weighted by Gasteiger charge is 2.42. The van der Waals surface area contributed by atoms with Crippen LogP contribution in [0.25, 0.3) is 0 Å². The molecule has 0 unspecified atom stereocenters. The molecule has 1 fully saturated rings. The van der Waals surface area contributed by atoms with Crippen molar-refractivity contribution in [1.82, 2.24) is 10.2 Å². The summed E-state index contributed by atoms with van der Waals surface area (Å²) in [7, 11) is 5.42. The van der Waals surface area contributed by atoms with Crippen LogP contribution in [0, 0.1) is 0 Å². The zero-order chi connectivity index (χ0) is 18.2. The minimum absolute atomic E-state index is 0.0361. The first-order chi connectivity index (χ1) is 11.8. The molecular weight excluding hydrogens is 318 g/mol. The van der Waals surface area contributed by atoms with E-state index in [9.17, 15) is 9.59 Å². The van der Waals surface area contributed by atoms with E-state index in [0.29, 0.717) is 18.6 Å². The fourth-order valence-electron chi connectivity index (χ4n) is 3.28. The van der Waals surface area contributed by atoms with Gasteiger partial charge >= 0.3 is 0 Å². The summed E-state index contributed by atoms with van der Waals surface area (Å²) in [6.07, 6.45) is 3.52. The average Bonchev–Trinajstić information content (AvgIpc) is 3.36. The van der Waals surface area contributed by atoms with Gasteiger partial charge in [-0.15, -0.1) is 0 Å². The molecule has 0 radical (unpaired) electrons. The van der Waals surface area contributed by atoms with Crippen LogP contribution in [0.2, 0.25) is 0 Å². The molecule has 2 amide bonds. The van der Waals surface area contributed by atoms with E-state index in [2.05, 4.69) is 17.1 Å². The van der Waals surface area contributed by atoms with Crippen LogP contribution < -0.4 is 15.0 Å². The zero-order valence-corrected chi connectivity index (χ0v) is 15.5. The van der Waals surface area contributed by atoms with Gasteiger partial charge in [0.05, 0.1) is 18.2 Å². The molecule has 1 aliphatic heterocycles. The molecule has 6 heteroatoms. The summed E-state index contributed by atoms with van der Waals surface area (Å²) in [5.74, 6) is 0.778. The van der Waals surface area contributed by atoms with Gasteiger partial charge in [-0.1, -0.05) is 6.92 Å². The Bertz CT molecular complexity index is 682. The lowest BCUT2D eigenvalue weighted by Crippen LogP contribution is -2.46. The van der Waals surface area contributed by atoms with Gasteiger partial charge in [0, 0.05) is 32.2 Å². The van der Waals surface area contributed by atoms with Gasteiger partial charge in [0.2, 0.25) is 5.91 Å². The summed E-state index contributed by atoms with van der Waals surface area (Å²) >= 11 is 0. The molecule has 0 saturated heterocycles. The minimum atomic E-state index is -0.0466. The SMILES string of the molecule is CCC1(NC(=O)C[C@@H]2COc3ccc(C(=O)N(C)C)cc3N2C)CC1. The fraction of sp³-hybridized carbons (Fsp3) is 0.579. The number of hydrogen-bond donors (Lipinski definition) is 1. The Hall–Kier alpha value is -2.24. The second kappa shape index (κ2) is 6.58. The Kier molecular flexibility index (Phi) is 4.62. The monoisotopic (exact) mass is 345 g/mol. The standard InChI is InChI=1S/C19H27N3O3/c1-5-19(8-9-19)20-17(23)11-14-12-25-16-7-6-13(18(24)21(2)3)10-15(16)22(14)4/h6-7,10,14H,5,8-9,11-12H2,1-4H3,(H,20,23)/t14-/m1/s1. The van der Waals surface area contributed by atoms with Gasteiger partial charge in [-0.2, -0.15) is 0 Å². The highest BCUT2D eigenvalue weighted by Crippen LogP contribution is 2.39. The summed E-state index contributed by atoms with van der Waals surface area (Å²) in [5, 5.41) is 3.17. The molecular formula is C19H27N3O3. The normalized spacial score (nSPS) is 20.3. The van der Waals surface area contributed by atoms with Crippen molar-refractivity contribution in [3.63, 3.8) is 0 Å². The third kappa shape index (κ3) is 3.57. The van der Waals surface area contributed by atoms with Crippen LogP contribution in [0.4, 0.5) is 5.69 Å². The third-order valence-electron chi connectivity index (χ3n) is 5.33. The molecule has 0 bridgehead atoms. The predicted octanol–water partition coefficient (Wildman–Crippen LogP) is 2.03. The van der Waals surface area contributed by atoms with Crippen molar-refractivity contribution < 1.29 is 14.3 Å². The largest absolute Gasteiger partial charge is 0.489 e. The van der Waals surface area contributed by atoms with Crippen LogP contribution in [-0.4, -0.2) is 56.0 Å². The summed E-state index contributed by atoms with van der Waals surface area (Å²) in [6, 6.07) is 5.41. The lowest BCUT2D eigenvalue weighted by molar-refractivity contribution is -0.122. The van der Waals surface area contributed by atoms with Gasteiger partial charge in [0.1, 0.15) is 12.4 Å². The number of anilines is 1. The Morgan fingerprint density at radius 1 is 1.36 bits per heavy atom. The summed E-state index contributed by atoms with van der Waals surface area (Å²) in [6.45, 7) is 2.58. The number of amides is 2. The number of nitrogens with zero attached hydrogens (tertiary/aromatic N) is 2. The molecule has 0 spiro atoms. The van der Waals surface area contributed by atoms with E-state index in [4.69, 9.17) is 4.74 Å². The summed E-state index contributed by atoms with van der Waals surface area (Å²) < 4.78 is 5.83. The van der Waals surface area contributed by atoms with Crippen molar-refractivity contribution in [3.05, 3.63) is 23.8 Å². The summed E-state index contributed by atoms with van der Waals surface area (Å²) in [4.78, 5) is 28.2. The number of nitrogens with one attached hydrogen (secondary N) is 1. The van der Waals surface area contributed by atoms with E-state index in [1.807, 2.05) is 19.2 Å². The van der Waals surface area contributed by atoms with E-state index in [-0.39, 0.29) is 23.4 Å². The molecule has 1 atom stereocenters. The molecule has 1 aromatic carbocycles. The Labute approximate surface area is 149 Å². The number of carbonyl (C=O) groups excluding carboxylic acids is 2. The average molecular weight is 345 g/mol. The van der Waals surface area contributed by atoms with E-state index < -0.39 is 0 Å². The predicted molar refractivity (Wildman–Crippen MR) is 97.2 cm³/mol. The molecule has 1 saturated carbocycles. The first-order valence-corrected chi connectivity index (χ1v) is 8.87. The zero-order valence-electron chi connectivity index (χ0n) is 15.5. The molecule has 25 heavy (non-hydrogen) atoms. The molecule has 6 nitrogen and oxygen atoms in total. The van der Waals surface area contributed by atoms with Gasteiger partial charge < -0.3 is 19.9 Å². The van der Waals surface area contributed by atoms with Crippen molar-refractivity contribution in [1.29, 1.82) is 0 Å². The number of rotatable bonds is 5. The van der Waals surface area contributed by atoms with Crippen LogP contribution >= 0.6 is 0 Å². The second-order valence-electron chi connectivity index (χ2n) is 7.34. The first kappa shape index (κ1) is 17.6. The van der Waals surface area contributed by atoms with E-state index >= 15 is 0 Å². The first-order valence-electron chi connectivity index (χ1n) is 8.87. The molecule has 1 heterocycles. The molecule has 1 aromatic rings. The number of carbonyl (C=O) groups is 2. The van der Waals surface area contributed by atoms with Crippen molar-refractivity contribution in [3.8, 4) is 5.75 Å². The maximum Gasteiger partial charge on any atom is 0.253 e. The van der Waals surface area contributed by atoms with Crippen LogP contribution in [0.15, 0.2) is 18.2 Å². The smallest absolute Gasteiger partial charge is 0.253 e. The van der Waals surface area contributed by atoms with E-state index in [0.717, 1.165) is 30.7 Å². The third-order valence-corrected chi connectivity index (χ3v) is 5.33. The van der Waals surface area contributed by atoms with Gasteiger partial charge in [-0.3, -0.25) is 9.59 Å². The highest BCUT2D eigenvalue weighted by atomic mass is 16.5. The van der Waals surface area contributed by atoms with Crippen LogP contribution in [-0.2, 0) is 4.79 Å². The highest BCUT2D eigenvalue weighted by molar-refractivity contribution is 5.95. The lowest BCUT2D eigenvalue weighted by atomic mass is 10.1. The summed E-state index contributed by atoms with van der Waals surface area (Å²) in [5.41, 5.74) is 1.51. The van der Waals surface area contributed by atoms with E-state index in [1.165, 1.54) is 0 Å². The second-order valence-corrected chi connectivity index (χ2v) is 7.34. The van der Waals surface area contributed by atoms with Crippen molar-refractivity contribution in [2.45, 2.75) is 44.2 Å². The van der Waals surface area contributed by atoms with Crippen molar-refractivity contribution >= 4 is 17.5 Å². The van der Waals surface area contributed by atoms with Gasteiger partial charge in [-0.25, -0.2) is 0 Å². The molecule has 0 aromatic heterocycles. The van der Waals surface area contributed by atoms with E-state index in [1.54, 1.807) is 25.1 Å². The topological polar surface area (TPSA) is 61.9 Å². The Morgan fingerprint density at radius 2 is 2.08 bits per heavy atom. The van der Waals surface area contributed by atoms with Crippen molar-refractivity contribution in [2.24, 2.45) is 0 Å². The molecule has 1 N–H and O–H groups in total. The van der Waals surface area contributed by atoms with Crippen LogP contribution in [0.3, 0.4) is 0 Å². The van der Waals surface area contributed by atoms with Gasteiger partial charge in [0.25, 0.3) is 5.91 Å². The number of fused-ring (bicyclic) bond motifs is 1. The van der Waals surface area contributed by atoms with Gasteiger partial charge in [-0.05, 0) is 37.5 Å². The van der Waals surface area contributed by atoms with Crippen molar-refractivity contribution in [2.75, 3.05) is 32.6 Å². The van der Waals surface area contributed by atoms with Crippen LogP contribution in [0.1, 0.15) is 43.0 Å². The maximum atomic E-state index is 12.4. The number of benzene rings is 1. The fourth-order valence-corrected chi connectivity index (χ4v) is 3.28. The number of likely N-dealkylation sites (N-methyl/N-ethyl adjacent to an activating group) is 1. The minimum Gasteiger partial charge on any atom is -0.489 e. The molecule has 1 aliphatic carbocycles.